The van der Waals surface area contributed by atoms with Gasteiger partial charge < -0.3 is 43.9 Å². The zero-order chi connectivity index (χ0) is 59.6. The Labute approximate surface area is 514 Å². The molecule has 21 heteroatoms. The first-order valence-electron chi connectivity index (χ1n) is 29.7. The van der Waals surface area contributed by atoms with Gasteiger partial charge in [0.25, 0.3) is 0 Å². The summed E-state index contributed by atoms with van der Waals surface area (Å²) in [5, 5.41) is 29.1. The second-order valence-electron chi connectivity index (χ2n) is 21.5. The number of methoxy groups -OCH3 is 2. The molecule has 1 amide bonds. The summed E-state index contributed by atoms with van der Waals surface area (Å²) in [6, 6.07) is 5.35. The summed E-state index contributed by atoms with van der Waals surface area (Å²) in [4.78, 5) is 55.3. The molecule has 4 aliphatic rings. The number of ether oxygens (including phenoxy) is 5. The zero-order valence-corrected chi connectivity index (χ0v) is 52.6. The van der Waals surface area contributed by atoms with Gasteiger partial charge in [0, 0.05) is 109 Å². The fraction of sp³-hybridized carbons (Fsp3) is 0.645. The van der Waals surface area contributed by atoms with Gasteiger partial charge in [-0.1, -0.05) is 103 Å². The Morgan fingerprint density at radius 3 is 2.10 bits per heavy atom. The predicted octanol–water partition coefficient (Wildman–Crippen LogP) is 11.5. The van der Waals surface area contributed by atoms with Gasteiger partial charge in [-0.05, 0) is 81.5 Å². The first-order chi connectivity index (χ1) is 39.6. The van der Waals surface area contributed by atoms with Crippen LogP contribution in [-0.4, -0.2) is 155 Å². The van der Waals surface area contributed by atoms with Crippen LogP contribution in [0, 0.1) is 24.0 Å². The number of aliphatic hydroxyl groups excluding tert-OH is 2. The van der Waals surface area contributed by atoms with Crippen molar-refractivity contribution in [3.8, 4) is 35.4 Å². The van der Waals surface area contributed by atoms with E-state index in [2.05, 4.69) is 39.6 Å². The number of nitrogens with zero attached hydrogens (tertiary/aromatic N) is 6. The van der Waals surface area contributed by atoms with Crippen molar-refractivity contribution in [3.05, 3.63) is 47.7 Å². The molecule has 8 rings (SSSR count). The predicted molar refractivity (Wildman–Crippen MR) is 310 cm³/mol. The van der Waals surface area contributed by atoms with Gasteiger partial charge in [-0.15, -0.1) is 6.42 Å². The van der Waals surface area contributed by atoms with Gasteiger partial charge in [-0.3, -0.25) is 24.4 Å². The SMILES string of the molecule is C#Cc1c(F)ccc2cc(O)cc(-c3ncc4c(N5CC6CCC(C5)N6C(=O)OC(C)OC(=O)CCC)nc(OC)nc4c3F)c12.CCCCCCCCC(=O)OCC(O)COC.CCCCCCCCCO.F[C@@H]1CC2CCCN2C1.[Y]. The van der Waals surface area contributed by atoms with Crippen LogP contribution in [0.1, 0.15) is 168 Å². The number of benzene rings is 2. The number of carbonyl (C=O) groups excluding carboxylic acids is 3. The summed E-state index contributed by atoms with van der Waals surface area (Å²) in [6.45, 7) is 10.9. The van der Waals surface area contributed by atoms with E-state index in [1.807, 2.05) is 11.8 Å². The molecular formula is C62H89F3N6O11Y. The van der Waals surface area contributed by atoms with Gasteiger partial charge in [0.1, 0.15) is 47.5 Å². The normalized spacial score (nSPS) is 18.5. The molecule has 4 aromatic rings. The second kappa shape index (κ2) is 37.5. The molecule has 0 spiro atoms. The molecule has 0 aliphatic carbocycles. The van der Waals surface area contributed by atoms with Gasteiger partial charge >= 0.3 is 24.0 Å². The van der Waals surface area contributed by atoms with Crippen LogP contribution in [0.2, 0.25) is 0 Å². The fourth-order valence-electron chi connectivity index (χ4n) is 11.0. The van der Waals surface area contributed by atoms with Crippen LogP contribution in [-0.2, 0) is 61.2 Å². The molecule has 17 nitrogen and oxygen atoms in total. The van der Waals surface area contributed by atoms with Crippen molar-refractivity contribution in [1.29, 1.82) is 0 Å². The average molecular weight is 1240 g/mol. The minimum atomic E-state index is -1.03. The summed E-state index contributed by atoms with van der Waals surface area (Å²) in [7, 11) is 2.86. The smallest absolute Gasteiger partial charge is 0.413 e. The van der Waals surface area contributed by atoms with Gasteiger partial charge in [-0.25, -0.2) is 18.0 Å². The van der Waals surface area contributed by atoms with Crippen LogP contribution >= 0.6 is 0 Å². The number of carbonyl (C=O) groups is 3. The molecule has 5 unspecified atom stereocenters. The number of hydrogen-bond acceptors (Lipinski definition) is 16. The summed E-state index contributed by atoms with van der Waals surface area (Å²) in [5.41, 5.74) is -0.279. The number of halogens is 3. The number of aromatic hydroxyl groups is 1. The van der Waals surface area contributed by atoms with E-state index in [-0.39, 0.29) is 110 Å². The van der Waals surface area contributed by atoms with Crippen LogP contribution in [0.3, 0.4) is 0 Å². The minimum absolute atomic E-state index is 0. The van der Waals surface area contributed by atoms with Crippen LogP contribution in [0.5, 0.6) is 11.8 Å². The Morgan fingerprint density at radius 1 is 0.819 bits per heavy atom. The summed E-state index contributed by atoms with van der Waals surface area (Å²) in [5.74, 6) is 0.338. The van der Waals surface area contributed by atoms with Crippen molar-refractivity contribution in [3.63, 3.8) is 0 Å². The largest absolute Gasteiger partial charge is 0.508 e. The molecule has 0 saturated carbocycles. The molecule has 2 aromatic heterocycles. The number of fused-ring (bicyclic) bond motifs is 5. The van der Waals surface area contributed by atoms with E-state index < -0.39 is 42.3 Å². The van der Waals surface area contributed by atoms with Crippen molar-refractivity contribution in [2.45, 2.75) is 199 Å². The molecule has 4 saturated heterocycles. The molecule has 457 valence electrons. The number of unbranched alkanes of at least 4 members (excludes halogenated alkanes) is 11. The topological polar surface area (TPSA) is 206 Å². The number of anilines is 1. The van der Waals surface area contributed by atoms with E-state index >= 15 is 4.39 Å². The molecular weight excluding hydrogens is 1150 g/mol. The van der Waals surface area contributed by atoms with Crippen LogP contribution in [0.15, 0.2) is 30.5 Å². The number of pyridine rings is 1. The van der Waals surface area contributed by atoms with E-state index in [9.17, 15) is 33.4 Å². The van der Waals surface area contributed by atoms with Gasteiger partial charge in [0.2, 0.25) is 6.29 Å². The number of hydrogen-bond donors (Lipinski definition) is 3. The van der Waals surface area contributed by atoms with E-state index in [1.165, 1.54) is 129 Å². The molecule has 3 N–H and O–H groups in total. The maximum atomic E-state index is 16.4. The maximum Gasteiger partial charge on any atom is 0.413 e. The van der Waals surface area contributed by atoms with E-state index in [0.717, 1.165) is 32.2 Å². The first kappa shape index (κ1) is 70.6. The average Bonchev–Trinajstić information content (AvgIpc) is 2.69. The Bertz CT molecular complexity index is 2650. The molecule has 83 heavy (non-hydrogen) atoms. The molecule has 4 aliphatic heterocycles. The minimum Gasteiger partial charge on any atom is -0.508 e. The Hall–Kier alpha value is -4.91. The fourth-order valence-corrected chi connectivity index (χ4v) is 11.0. The molecule has 2 bridgehead atoms. The number of aromatic nitrogens is 3. The third-order valence-corrected chi connectivity index (χ3v) is 15.0. The Kier molecular flexibility index (Phi) is 31.9. The molecule has 1 radical (unpaired) electrons. The quantitative estimate of drug-likeness (QED) is 0.0244. The van der Waals surface area contributed by atoms with Gasteiger partial charge in [0.15, 0.2) is 5.82 Å². The Morgan fingerprint density at radius 2 is 1.48 bits per heavy atom. The van der Waals surface area contributed by atoms with Crippen molar-refractivity contribution in [1.82, 2.24) is 24.8 Å². The summed E-state index contributed by atoms with van der Waals surface area (Å²) < 4.78 is 69.3. The monoisotopic (exact) mass is 1240 g/mol. The zero-order valence-electron chi connectivity index (χ0n) is 49.7. The number of amides is 1. The van der Waals surface area contributed by atoms with Crippen LogP contribution in [0.4, 0.5) is 23.8 Å². The standard InChI is InChI=1S/C33H31F2N5O6.C13H26O4.C9H20O.C7H12FN.Y/c1-5-7-26(42)45-17(3)46-33(43)40-19-9-10-20(40)16-39(15-19)31-24-14-36-29(28(35)30(24)37-32(38-31)44-4)23-13-21(41)12-18-8-11-25(34)22(6-2)27(18)23;1-3-4-5-6-7-8-9-13(15)17-11-12(14)10-16-2;1-2-3-4-5-6-7-8-9-10;8-6-4-7-2-1-3-9(7)5-6;/h2,8,11-14,17,19-20,41H,5,7,9-10,15-16H2,1,3-4H3;12,14H,3-11H2,1-2H3;10H,2-9H2,1H3;6-7H,1-5H2;/t;;;6-,7?;/m...1./s1. The number of alkyl halides is 1. The van der Waals surface area contributed by atoms with Crippen molar-refractivity contribution in [2.24, 2.45) is 0 Å². The second-order valence-corrected chi connectivity index (χ2v) is 21.5. The van der Waals surface area contributed by atoms with E-state index in [0.29, 0.717) is 74.6 Å². The Balaban J connectivity index is 0.000000323. The maximum absolute atomic E-state index is 16.4. The first-order valence-corrected chi connectivity index (χ1v) is 29.7. The van der Waals surface area contributed by atoms with Gasteiger partial charge in [-0.2, -0.15) is 9.97 Å². The van der Waals surface area contributed by atoms with E-state index in [4.69, 9.17) is 35.2 Å². The molecule has 2 aromatic carbocycles. The molecule has 6 atom stereocenters. The summed E-state index contributed by atoms with van der Waals surface area (Å²) in [6.07, 6.45) is 26.1. The number of terminal acetylenes is 1. The number of aliphatic hydroxyl groups is 2. The number of rotatable bonds is 25. The molecule has 4 fully saturated rings. The number of esters is 2. The van der Waals surface area contributed by atoms with Crippen LogP contribution in [0.25, 0.3) is 32.9 Å². The van der Waals surface area contributed by atoms with Gasteiger partial charge in [0.05, 0.1) is 36.8 Å². The summed E-state index contributed by atoms with van der Waals surface area (Å²) >= 11 is 0. The number of phenols is 1. The van der Waals surface area contributed by atoms with Crippen molar-refractivity contribution < 1.29 is 99.3 Å². The van der Waals surface area contributed by atoms with Crippen LogP contribution < -0.4 is 9.64 Å². The van der Waals surface area contributed by atoms with Crippen molar-refractivity contribution >= 4 is 45.5 Å². The van der Waals surface area contributed by atoms with E-state index in [1.54, 1.807) is 4.90 Å². The third kappa shape index (κ3) is 21.5. The third-order valence-electron chi connectivity index (χ3n) is 15.0. The molecule has 6 heterocycles. The number of phenolic OH excluding ortho intramolecular Hbond substituents is 1. The number of piperazine rings is 1. The van der Waals surface area contributed by atoms with Crippen molar-refractivity contribution in [2.75, 3.05) is 65.1 Å².